The second-order valence-corrected chi connectivity index (χ2v) is 5.04. The van der Waals surface area contributed by atoms with Crippen LogP contribution in [0.25, 0.3) is 10.9 Å². The summed E-state index contributed by atoms with van der Waals surface area (Å²) in [5, 5.41) is 13.2. The SMILES string of the molecule is Cn1nnnc1SCc1cc2ccccc2nc1N. The van der Waals surface area contributed by atoms with E-state index in [0.717, 1.165) is 21.6 Å². The van der Waals surface area contributed by atoms with Crippen molar-refractivity contribution in [2.45, 2.75) is 10.9 Å². The summed E-state index contributed by atoms with van der Waals surface area (Å²) in [6, 6.07) is 9.99. The van der Waals surface area contributed by atoms with Crippen molar-refractivity contribution in [1.82, 2.24) is 25.2 Å². The highest BCUT2D eigenvalue weighted by Gasteiger charge is 2.07. The van der Waals surface area contributed by atoms with Crippen molar-refractivity contribution in [2.75, 3.05) is 5.73 Å². The molecule has 3 rings (SSSR count). The first kappa shape index (κ1) is 11.9. The van der Waals surface area contributed by atoms with Gasteiger partial charge in [-0.05, 0) is 22.6 Å². The molecule has 0 radical (unpaired) electrons. The Morgan fingerprint density at radius 1 is 1.32 bits per heavy atom. The smallest absolute Gasteiger partial charge is 0.209 e. The molecule has 2 aromatic heterocycles. The number of hydrogen-bond donors (Lipinski definition) is 1. The van der Waals surface area contributed by atoms with Gasteiger partial charge in [-0.15, -0.1) is 5.10 Å². The number of nitrogens with two attached hydrogens (primary N) is 1. The van der Waals surface area contributed by atoms with Crippen molar-refractivity contribution in [3.63, 3.8) is 0 Å². The minimum atomic E-state index is 0.557. The molecule has 0 atom stereocenters. The molecule has 19 heavy (non-hydrogen) atoms. The number of aryl methyl sites for hydroxylation is 1. The Kier molecular flexibility index (Phi) is 3.04. The Balaban J connectivity index is 1.88. The lowest BCUT2D eigenvalue weighted by atomic mass is 10.1. The largest absolute Gasteiger partial charge is 0.383 e. The van der Waals surface area contributed by atoms with Crippen molar-refractivity contribution in [2.24, 2.45) is 7.05 Å². The Morgan fingerprint density at radius 3 is 2.95 bits per heavy atom. The van der Waals surface area contributed by atoms with Crippen LogP contribution in [0, 0.1) is 0 Å². The third kappa shape index (κ3) is 2.37. The van der Waals surface area contributed by atoms with Gasteiger partial charge in [-0.1, -0.05) is 30.0 Å². The Labute approximate surface area is 114 Å². The van der Waals surface area contributed by atoms with Crippen LogP contribution in [0.15, 0.2) is 35.5 Å². The molecule has 0 aliphatic rings. The average Bonchev–Trinajstić information content (AvgIpc) is 2.82. The Hall–Kier alpha value is -2.15. The first-order valence-electron chi connectivity index (χ1n) is 5.73. The highest BCUT2D eigenvalue weighted by molar-refractivity contribution is 7.98. The number of nitrogens with zero attached hydrogens (tertiary/aromatic N) is 5. The van der Waals surface area contributed by atoms with Gasteiger partial charge in [-0.25, -0.2) is 9.67 Å². The zero-order valence-electron chi connectivity index (χ0n) is 10.3. The first-order chi connectivity index (χ1) is 9.24. The number of hydrogen-bond acceptors (Lipinski definition) is 6. The van der Waals surface area contributed by atoms with Crippen LogP contribution in [0.2, 0.25) is 0 Å². The van der Waals surface area contributed by atoms with Crippen molar-refractivity contribution < 1.29 is 0 Å². The van der Waals surface area contributed by atoms with Gasteiger partial charge in [-0.2, -0.15) is 0 Å². The fourth-order valence-corrected chi connectivity index (χ4v) is 2.61. The monoisotopic (exact) mass is 272 g/mol. The number of benzene rings is 1. The highest BCUT2D eigenvalue weighted by atomic mass is 32.2. The molecule has 96 valence electrons. The van der Waals surface area contributed by atoms with Gasteiger partial charge in [0.2, 0.25) is 5.16 Å². The highest BCUT2D eigenvalue weighted by Crippen LogP contribution is 2.25. The van der Waals surface area contributed by atoms with Crippen LogP contribution in [-0.4, -0.2) is 25.2 Å². The second-order valence-electron chi connectivity index (χ2n) is 4.10. The minimum absolute atomic E-state index is 0.557. The van der Waals surface area contributed by atoms with Crippen LogP contribution in [0.5, 0.6) is 0 Å². The molecule has 2 heterocycles. The zero-order valence-corrected chi connectivity index (χ0v) is 11.1. The number of thioether (sulfide) groups is 1. The summed E-state index contributed by atoms with van der Waals surface area (Å²) in [6.45, 7) is 0. The molecule has 2 N–H and O–H groups in total. The number of para-hydroxylation sites is 1. The Bertz CT molecular complexity index is 723. The first-order valence-corrected chi connectivity index (χ1v) is 6.72. The van der Waals surface area contributed by atoms with Gasteiger partial charge in [0.25, 0.3) is 0 Å². The zero-order chi connectivity index (χ0) is 13.2. The maximum Gasteiger partial charge on any atom is 0.209 e. The molecule has 0 saturated carbocycles. The summed E-state index contributed by atoms with van der Waals surface area (Å²) < 4.78 is 1.63. The van der Waals surface area contributed by atoms with E-state index in [1.807, 2.05) is 31.3 Å². The second kappa shape index (κ2) is 4.85. The van der Waals surface area contributed by atoms with E-state index in [2.05, 4.69) is 26.6 Å². The van der Waals surface area contributed by atoms with E-state index in [1.54, 1.807) is 4.68 Å². The van der Waals surface area contributed by atoms with Crippen molar-refractivity contribution in [3.05, 3.63) is 35.9 Å². The van der Waals surface area contributed by atoms with Crippen LogP contribution in [0.3, 0.4) is 0 Å². The van der Waals surface area contributed by atoms with Gasteiger partial charge < -0.3 is 5.73 Å². The molecule has 6 nitrogen and oxygen atoms in total. The summed E-state index contributed by atoms with van der Waals surface area (Å²) in [5.41, 5.74) is 7.88. The molecular weight excluding hydrogens is 260 g/mol. The summed E-state index contributed by atoms with van der Waals surface area (Å²) in [4.78, 5) is 4.40. The predicted molar refractivity (Wildman–Crippen MR) is 74.5 cm³/mol. The van der Waals surface area contributed by atoms with Crippen LogP contribution >= 0.6 is 11.8 Å². The lowest BCUT2D eigenvalue weighted by Gasteiger charge is -2.06. The maximum atomic E-state index is 5.98. The molecule has 0 aliphatic carbocycles. The van der Waals surface area contributed by atoms with Crippen molar-refractivity contribution in [1.29, 1.82) is 0 Å². The minimum Gasteiger partial charge on any atom is -0.383 e. The van der Waals surface area contributed by atoms with E-state index in [-0.39, 0.29) is 0 Å². The molecule has 0 amide bonds. The lowest BCUT2D eigenvalue weighted by molar-refractivity contribution is 0.664. The Morgan fingerprint density at radius 2 is 2.16 bits per heavy atom. The van der Waals surface area contributed by atoms with E-state index < -0.39 is 0 Å². The number of aromatic nitrogens is 5. The van der Waals surface area contributed by atoms with Gasteiger partial charge in [0.1, 0.15) is 5.82 Å². The molecule has 0 spiro atoms. The number of tetrazole rings is 1. The molecule has 0 aliphatic heterocycles. The molecule has 1 aromatic carbocycles. The predicted octanol–water partition coefficient (Wildman–Crippen LogP) is 1.63. The number of rotatable bonds is 3. The lowest BCUT2D eigenvalue weighted by Crippen LogP contribution is -1.98. The molecule has 0 bridgehead atoms. The standard InChI is InChI=1S/C12H12N6S/c1-18-12(15-16-17-18)19-7-9-6-8-4-2-3-5-10(8)14-11(9)13/h2-6H,7H2,1H3,(H2,13,14). The fraction of sp³-hybridized carbons (Fsp3) is 0.167. The van der Waals surface area contributed by atoms with Crippen LogP contribution in [0.4, 0.5) is 5.82 Å². The number of fused-ring (bicyclic) bond motifs is 1. The number of anilines is 1. The molecule has 3 aromatic rings. The van der Waals surface area contributed by atoms with Gasteiger partial charge in [-0.3, -0.25) is 0 Å². The molecular formula is C12H12N6S. The van der Waals surface area contributed by atoms with E-state index in [1.165, 1.54) is 11.8 Å². The van der Waals surface area contributed by atoms with E-state index >= 15 is 0 Å². The molecule has 0 saturated heterocycles. The van der Waals surface area contributed by atoms with E-state index in [9.17, 15) is 0 Å². The molecule has 0 unspecified atom stereocenters. The third-order valence-electron chi connectivity index (χ3n) is 2.77. The van der Waals surface area contributed by atoms with Crippen LogP contribution in [-0.2, 0) is 12.8 Å². The normalized spacial score (nSPS) is 11.0. The van der Waals surface area contributed by atoms with Gasteiger partial charge in [0, 0.05) is 23.8 Å². The summed E-state index contributed by atoms with van der Waals surface area (Å²) in [7, 11) is 1.81. The van der Waals surface area contributed by atoms with E-state index in [4.69, 9.17) is 5.73 Å². The number of nitrogen functional groups attached to an aromatic ring is 1. The van der Waals surface area contributed by atoms with Gasteiger partial charge >= 0.3 is 0 Å². The van der Waals surface area contributed by atoms with Gasteiger partial charge in [0.15, 0.2) is 0 Å². The summed E-state index contributed by atoms with van der Waals surface area (Å²) >= 11 is 1.54. The fourth-order valence-electron chi connectivity index (χ4n) is 1.78. The van der Waals surface area contributed by atoms with E-state index in [0.29, 0.717) is 11.6 Å². The summed E-state index contributed by atoms with van der Waals surface area (Å²) in [6.07, 6.45) is 0. The average molecular weight is 272 g/mol. The number of pyridine rings is 1. The summed E-state index contributed by atoms with van der Waals surface area (Å²) in [5.74, 6) is 1.25. The third-order valence-corrected chi connectivity index (χ3v) is 3.83. The van der Waals surface area contributed by atoms with Crippen LogP contribution < -0.4 is 5.73 Å². The maximum absolute atomic E-state index is 5.98. The quantitative estimate of drug-likeness (QED) is 0.730. The van der Waals surface area contributed by atoms with Gasteiger partial charge in [0.05, 0.1) is 5.52 Å². The van der Waals surface area contributed by atoms with Crippen molar-refractivity contribution >= 4 is 28.5 Å². The molecule has 7 heteroatoms. The van der Waals surface area contributed by atoms with Crippen molar-refractivity contribution in [3.8, 4) is 0 Å². The molecule has 0 fully saturated rings. The topological polar surface area (TPSA) is 82.5 Å². The van der Waals surface area contributed by atoms with Crippen LogP contribution in [0.1, 0.15) is 5.56 Å².